The van der Waals surface area contributed by atoms with E-state index in [0.717, 1.165) is 5.56 Å². The molecule has 0 bridgehead atoms. The predicted molar refractivity (Wildman–Crippen MR) is 96.6 cm³/mol. The number of benzene rings is 1. The Morgan fingerprint density at radius 2 is 1.88 bits per heavy atom. The van der Waals surface area contributed by atoms with Crippen LogP contribution >= 0.6 is 24.0 Å². The van der Waals surface area contributed by atoms with Gasteiger partial charge in [0.25, 0.3) is 11.8 Å². The minimum absolute atomic E-state index is 0.157. The van der Waals surface area contributed by atoms with Gasteiger partial charge in [-0.1, -0.05) is 36.1 Å². The third-order valence-electron chi connectivity index (χ3n) is 3.42. The van der Waals surface area contributed by atoms with Crippen LogP contribution in [0.25, 0.3) is 6.08 Å². The van der Waals surface area contributed by atoms with Gasteiger partial charge in [0.15, 0.2) is 0 Å². The molecule has 1 saturated heterocycles. The lowest BCUT2D eigenvalue weighted by Crippen LogP contribution is -2.49. The molecule has 0 aromatic heterocycles. The first-order valence-electron chi connectivity index (χ1n) is 6.99. The number of thiocarbonyl (C=S) groups is 1. The molecule has 1 aromatic rings. The number of nitrogens with one attached hydrogen (secondary N) is 1. The standard InChI is InChI=1S/C16H16N2O4S2/c1-16(2,14(21)22)17-12(19)10-6-4-9(5-7-10)8-11-13(20)18(3)15(23)24-11/h4-8H,1-3H3,(H,17,19)(H,21,22)/b11-8+. The summed E-state index contributed by atoms with van der Waals surface area (Å²) in [5.74, 6) is -1.75. The van der Waals surface area contributed by atoms with Gasteiger partial charge < -0.3 is 10.4 Å². The molecule has 0 saturated carbocycles. The number of hydrogen-bond acceptors (Lipinski definition) is 5. The lowest BCUT2D eigenvalue weighted by molar-refractivity contribution is -0.143. The smallest absolute Gasteiger partial charge is 0.328 e. The Labute approximate surface area is 148 Å². The van der Waals surface area contributed by atoms with Crippen molar-refractivity contribution in [3.05, 3.63) is 40.3 Å². The van der Waals surface area contributed by atoms with Crippen molar-refractivity contribution in [2.45, 2.75) is 19.4 Å². The maximum atomic E-state index is 12.1. The van der Waals surface area contributed by atoms with Crippen LogP contribution < -0.4 is 5.32 Å². The highest BCUT2D eigenvalue weighted by molar-refractivity contribution is 8.26. The maximum absolute atomic E-state index is 12.1. The summed E-state index contributed by atoms with van der Waals surface area (Å²) in [6.07, 6.45) is 1.70. The van der Waals surface area contributed by atoms with Crippen LogP contribution in [0.15, 0.2) is 29.2 Å². The van der Waals surface area contributed by atoms with Crippen LogP contribution in [0.2, 0.25) is 0 Å². The van der Waals surface area contributed by atoms with Crippen LogP contribution in [0.5, 0.6) is 0 Å². The van der Waals surface area contributed by atoms with Crippen molar-refractivity contribution in [1.82, 2.24) is 10.2 Å². The highest BCUT2D eigenvalue weighted by Gasteiger charge is 2.30. The Hall–Kier alpha value is -2.19. The number of likely N-dealkylation sites (N-methyl/N-ethyl adjacent to an activating group) is 1. The van der Waals surface area contributed by atoms with E-state index in [1.807, 2.05) is 0 Å². The number of carboxylic acid groups (broad SMARTS) is 1. The van der Waals surface area contributed by atoms with E-state index in [4.69, 9.17) is 17.3 Å². The Balaban J connectivity index is 2.14. The summed E-state index contributed by atoms with van der Waals surface area (Å²) < 4.78 is 0.498. The van der Waals surface area contributed by atoms with E-state index in [0.29, 0.717) is 14.8 Å². The fraction of sp³-hybridized carbons (Fsp3) is 0.250. The highest BCUT2D eigenvalue weighted by atomic mass is 32.2. The van der Waals surface area contributed by atoms with E-state index < -0.39 is 17.4 Å². The van der Waals surface area contributed by atoms with Crippen molar-refractivity contribution >= 4 is 52.2 Å². The fourth-order valence-electron chi connectivity index (χ4n) is 1.84. The summed E-state index contributed by atoms with van der Waals surface area (Å²) in [7, 11) is 1.62. The largest absolute Gasteiger partial charge is 0.480 e. The first-order valence-corrected chi connectivity index (χ1v) is 8.22. The molecule has 2 N–H and O–H groups in total. The number of carbonyl (C=O) groups is 3. The molecule has 1 aliphatic heterocycles. The molecule has 0 unspecified atom stereocenters. The molecule has 126 valence electrons. The van der Waals surface area contributed by atoms with E-state index in [9.17, 15) is 14.4 Å². The van der Waals surface area contributed by atoms with Gasteiger partial charge in [0, 0.05) is 12.6 Å². The molecular formula is C16H16N2O4S2. The monoisotopic (exact) mass is 364 g/mol. The van der Waals surface area contributed by atoms with Crippen molar-refractivity contribution in [3.8, 4) is 0 Å². The summed E-state index contributed by atoms with van der Waals surface area (Å²) in [6.45, 7) is 2.82. The maximum Gasteiger partial charge on any atom is 0.328 e. The summed E-state index contributed by atoms with van der Waals surface area (Å²) in [5.41, 5.74) is -0.271. The van der Waals surface area contributed by atoms with Gasteiger partial charge in [0.1, 0.15) is 9.86 Å². The molecule has 6 nitrogen and oxygen atoms in total. The molecule has 1 fully saturated rings. The second kappa shape index (κ2) is 6.74. The van der Waals surface area contributed by atoms with Crippen LogP contribution in [0, 0.1) is 0 Å². The van der Waals surface area contributed by atoms with Crippen LogP contribution in [0.4, 0.5) is 0 Å². The van der Waals surface area contributed by atoms with Crippen LogP contribution in [-0.2, 0) is 9.59 Å². The zero-order valence-electron chi connectivity index (χ0n) is 13.3. The molecule has 1 heterocycles. The number of nitrogens with zero attached hydrogens (tertiary/aromatic N) is 1. The van der Waals surface area contributed by atoms with Crippen LogP contribution in [0.1, 0.15) is 29.8 Å². The van der Waals surface area contributed by atoms with Gasteiger partial charge >= 0.3 is 5.97 Å². The number of amides is 2. The van der Waals surface area contributed by atoms with E-state index >= 15 is 0 Å². The molecule has 2 rings (SSSR count). The normalized spacial score (nSPS) is 16.6. The van der Waals surface area contributed by atoms with Gasteiger partial charge in [0.2, 0.25) is 0 Å². The van der Waals surface area contributed by atoms with Crippen LogP contribution in [-0.4, -0.2) is 44.7 Å². The summed E-state index contributed by atoms with van der Waals surface area (Å²) in [4.78, 5) is 37.0. The van der Waals surface area contributed by atoms with Gasteiger partial charge in [-0.25, -0.2) is 4.79 Å². The van der Waals surface area contributed by atoms with Gasteiger partial charge in [0.05, 0.1) is 4.91 Å². The zero-order chi connectivity index (χ0) is 18.1. The SMILES string of the molecule is CN1C(=O)/C(=C\c2ccc(C(=O)NC(C)(C)C(=O)O)cc2)SC1=S. The van der Waals surface area contributed by atoms with E-state index in [2.05, 4.69) is 5.32 Å². The molecule has 0 radical (unpaired) electrons. The van der Waals surface area contributed by atoms with Gasteiger partial charge in [-0.05, 0) is 37.6 Å². The number of carboxylic acids is 1. The second-order valence-electron chi connectivity index (χ2n) is 5.75. The molecule has 8 heteroatoms. The Morgan fingerprint density at radius 1 is 1.29 bits per heavy atom. The Kier molecular flexibility index (Phi) is 5.10. The molecule has 2 amide bonds. The van der Waals surface area contributed by atoms with Crippen molar-refractivity contribution in [2.75, 3.05) is 7.05 Å². The van der Waals surface area contributed by atoms with E-state index in [-0.39, 0.29) is 5.91 Å². The molecule has 24 heavy (non-hydrogen) atoms. The molecule has 0 aliphatic carbocycles. The van der Waals surface area contributed by atoms with Gasteiger partial charge in [-0.3, -0.25) is 14.5 Å². The molecule has 0 spiro atoms. The number of aliphatic carboxylic acids is 1. The quantitative estimate of drug-likeness (QED) is 0.629. The minimum atomic E-state index is -1.36. The summed E-state index contributed by atoms with van der Waals surface area (Å²) in [6, 6.07) is 6.52. The number of carbonyl (C=O) groups excluding carboxylic acids is 2. The average Bonchev–Trinajstić information content (AvgIpc) is 2.74. The van der Waals surface area contributed by atoms with Crippen molar-refractivity contribution in [1.29, 1.82) is 0 Å². The first kappa shape index (κ1) is 18.2. The number of rotatable bonds is 4. The molecular weight excluding hydrogens is 348 g/mol. The van der Waals surface area contributed by atoms with Gasteiger partial charge in [-0.15, -0.1) is 0 Å². The number of thioether (sulfide) groups is 1. The van der Waals surface area contributed by atoms with Crippen molar-refractivity contribution < 1.29 is 19.5 Å². The molecule has 1 aromatic carbocycles. The van der Waals surface area contributed by atoms with Crippen LogP contribution in [0.3, 0.4) is 0 Å². The van der Waals surface area contributed by atoms with E-state index in [1.54, 1.807) is 37.4 Å². The third-order valence-corrected chi connectivity index (χ3v) is 4.90. The number of hydrogen-bond donors (Lipinski definition) is 2. The highest BCUT2D eigenvalue weighted by Crippen LogP contribution is 2.31. The fourth-order valence-corrected chi connectivity index (χ4v) is 3.02. The van der Waals surface area contributed by atoms with E-state index in [1.165, 1.54) is 30.5 Å². The minimum Gasteiger partial charge on any atom is -0.480 e. The van der Waals surface area contributed by atoms with Crippen molar-refractivity contribution in [2.24, 2.45) is 0 Å². The topological polar surface area (TPSA) is 86.7 Å². The summed E-state index contributed by atoms with van der Waals surface area (Å²) >= 11 is 6.29. The van der Waals surface area contributed by atoms with Crippen molar-refractivity contribution in [3.63, 3.8) is 0 Å². The molecule has 0 atom stereocenters. The Morgan fingerprint density at radius 3 is 2.33 bits per heavy atom. The lowest BCUT2D eigenvalue weighted by Gasteiger charge is -2.20. The molecule has 1 aliphatic rings. The first-order chi connectivity index (χ1) is 11.1. The zero-order valence-corrected chi connectivity index (χ0v) is 15.0. The average molecular weight is 364 g/mol. The summed E-state index contributed by atoms with van der Waals surface area (Å²) in [5, 5.41) is 11.5. The third kappa shape index (κ3) is 3.82. The lowest BCUT2D eigenvalue weighted by atomic mass is 10.0. The second-order valence-corrected chi connectivity index (χ2v) is 7.42. The Bertz CT molecular complexity index is 754. The predicted octanol–water partition coefficient (Wildman–Crippen LogP) is 2.11. The van der Waals surface area contributed by atoms with Gasteiger partial charge in [-0.2, -0.15) is 0 Å².